The number of benzene rings is 2. The largest absolute Gasteiger partial charge is 0.321 e. The fraction of sp³-hybridized carbons (Fsp3) is 0.158. The summed E-state index contributed by atoms with van der Waals surface area (Å²) < 4.78 is 27.3. The number of carbonyl (C=O) groups excluding carboxylic acids is 1. The van der Waals surface area contributed by atoms with E-state index in [1.807, 2.05) is 0 Å². The van der Waals surface area contributed by atoms with Crippen LogP contribution in [-0.2, 0) is 10.0 Å². The van der Waals surface area contributed by atoms with Crippen LogP contribution in [0.3, 0.4) is 0 Å². The molecular formula is C19H16ClN3O3S. The number of sulfonamides is 1. The number of hydrogen-bond donors (Lipinski definition) is 2. The molecule has 0 aliphatic heterocycles. The van der Waals surface area contributed by atoms with Gasteiger partial charge in [0.15, 0.2) is 0 Å². The molecule has 138 valence electrons. The maximum absolute atomic E-state index is 12.7. The van der Waals surface area contributed by atoms with E-state index in [1.165, 1.54) is 12.1 Å². The van der Waals surface area contributed by atoms with Crippen molar-refractivity contribution >= 4 is 44.1 Å². The number of halogens is 1. The summed E-state index contributed by atoms with van der Waals surface area (Å²) >= 11 is 5.98. The molecule has 0 bridgehead atoms. The Bertz CT molecular complexity index is 1140. The number of pyridine rings is 1. The molecule has 8 heteroatoms. The number of hydrogen-bond acceptors (Lipinski definition) is 4. The van der Waals surface area contributed by atoms with Gasteiger partial charge in [-0.25, -0.2) is 13.1 Å². The van der Waals surface area contributed by atoms with Crippen molar-refractivity contribution in [3.63, 3.8) is 0 Å². The molecule has 1 amide bonds. The molecule has 1 aromatic heterocycles. The Hall–Kier alpha value is -2.48. The van der Waals surface area contributed by atoms with E-state index < -0.39 is 15.9 Å². The summed E-state index contributed by atoms with van der Waals surface area (Å²) in [7, 11) is -3.62. The number of amides is 1. The minimum atomic E-state index is -3.62. The average molecular weight is 402 g/mol. The quantitative estimate of drug-likeness (QED) is 0.683. The number of nitrogens with zero attached hydrogens (tertiary/aromatic N) is 1. The Morgan fingerprint density at radius 3 is 2.70 bits per heavy atom. The highest BCUT2D eigenvalue weighted by Gasteiger charge is 2.28. The van der Waals surface area contributed by atoms with E-state index in [2.05, 4.69) is 15.0 Å². The molecule has 27 heavy (non-hydrogen) atoms. The van der Waals surface area contributed by atoms with Crippen LogP contribution in [0.5, 0.6) is 0 Å². The first kappa shape index (κ1) is 17.9. The van der Waals surface area contributed by atoms with Gasteiger partial charge in [0, 0.05) is 28.2 Å². The van der Waals surface area contributed by atoms with Crippen LogP contribution in [0.15, 0.2) is 59.6 Å². The molecule has 0 saturated heterocycles. The number of rotatable bonds is 5. The third-order valence-electron chi connectivity index (χ3n) is 4.26. The molecule has 1 heterocycles. The Morgan fingerprint density at radius 2 is 1.93 bits per heavy atom. The molecule has 2 N–H and O–H groups in total. The molecule has 1 fully saturated rings. The standard InChI is InChI=1S/C19H16ClN3O3S/c20-13-4-7-16-17(8-9-21-18(16)11-13)22-19(24)12-2-1-3-15(10-12)27(25,26)23-14-5-6-14/h1-4,7-11,14,23H,5-6H2,(H,21,22,24). The van der Waals surface area contributed by atoms with E-state index in [0.29, 0.717) is 16.2 Å². The summed E-state index contributed by atoms with van der Waals surface area (Å²) in [4.78, 5) is 17.0. The molecule has 0 radical (unpaired) electrons. The second-order valence-electron chi connectivity index (χ2n) is 6.40. The second-order valence-corrected chi connectivity index (χ2v) is 8.55. The van der Waals surface area contributed by atoms with Crippen molar-refractivity contribution in [1.82, 2.24) is 9.71 Å². The number of nitrogens with one attached hydrogen (secondary N) is 2. The van der Waals surface area contributed by atoms with Crippen LogP contribution in [0.1, 0.15) is 23.2 Å². The molecule has 0 atom stereocenters. The van der Waals surface area contributed by atoms with Gasteiger partial charge in [0.05, 0.1) is 16.1 Å². The minimum absolute atomic E-state index is 0.00231. The maximum Gasteiger partial charge on any atom is 0.255 e. The first-order valence-corrected chi connectivity index (χ1v) is 10.3. The molecular weight excluding hydrogens is 386 g/mol. The number of carbonyl (C=O) groups is 1. The summed E-state index contributed by atoms with van der Waals surface area (Å²) in [5.41, 5.74) is 1.49. The van der Waals surface area contributed by atoms with Gasteiger partial charge in [-0.2, -0.15) is 0 Å². The molecule has 1 saturated carbocycles. The van der Waals surface area contributed by atoms with Crippen molar-refractivity contribution in [2.45, 2.75) is 23.8 Å². The number of anilines is 1. The average Bonchev–Trinajstić information content (AvgIpc) is 3.45. The predicted octanol–water partition coefficient (Wildman–Crippen LogP) is 3.58. The zero-order valence-corrected chi connectivity index (χ0v) is 15.7. The minimum Gasteiger partial charge on any atom is -0.321 e. The van der Waals surface area contributed by atoms with Gasteiger partial charge >= 0.3 is 0 Å². The third-order valence-corrected chi connectivity index (χ3v) is 6.01. The van der Waals surface area contributed by atoms with Gasteiger partial charge in [-0.15, -0.1) is 0 Å². The molecule has 1 aliphatic rings. The highest BCUT2D eigenvalue weighted by Crippen LogP contribution is 2.25. The summed E-state index contributed by atoms with van der Waals surface area (Å²) in [5, 5.41) is 4.12. The van der Waals surface area contributed by atoms with Crippen LogP contribution < -0.4 is 10.0 Å². The number of aromatic nitrogens is 1. The van der Waals surface area contributed by atoms with Crippen molar-refractivity contribution in [2.75, 3.05) is 5.32 Å². The normalized spacial score (nSPS) is 14.3. The van der Waals surface area contributed by atoms with E-state index in [9.17, 15) is 13.2 Å². The highest BCUT2D eigenvalue weighted by atomic mass is 35.5. The van der Waals surface area contributed by atoms with Gasteiger partial charge in [-0.1, -0.05) is 17.7 Å². The van der Waals surface area contributed by atoms with E-state index in [0.717, 1.165) is 18.2 Å². The van der Waals surface area contributed by atoms with Gasteiger partial charge in [-0.3, -0.25) is 9.78 Å². The second kappa shape index (κ2) is 6.92. The van der Waals surface area contributed by atoms with Gasteiger partial charge in [0.1, 0.15) is 0 Å². The fourth-order valence-electron chi connectivity index (χ4n) is 2.72. The van der Waals surface area contributed by atoms with Crippen molar-refractivity contribution in [1.29, 1.82) is 0 Å². The van der Waals surface area contributed by atoms with Gasteiger partial charge in [0.2, 0.25) is 10.0 Å². The predicted molar refractivity (Wildman–Crippen MR) is 104 cm³/mol. The first-order valence-electron chi connectivity index (χ1n) is 8.40. The highest BCUT2D eigenvalue weighted by molar-refractivity contribution is 7.89. The lowest BCUT2D eigenvalue weighted by molar-refractivity contribution is 0.102. The van der Waals surface area contributed by atoms with Crippen molar-refractivity contribution < 1.29 is 13.2 Å². The molecule has 6 nitrogen and oxygen atoms in total. The lowest BCUT2D eigenvalue weighted by Gasteiger charge is -2.10. The molecule has 0 spiro atoms. The summed E-state index contributed by atoms with van der Waals surface area (Å²) in [6.45, 7) is 0. The molecule has 0 unspecified atom stereocenters. The zero-order valence-electron chi connectivity index (χ0n) is 14.1. The Labute approximate surface area is 161 Å². The molecule has 3 aromatic rings. The summed E-state index contributed by atoms with van der Waals surface area (Å²) in [5.74, 6) is -0.402. The van der Waals surface area contributed by atoms with Crippen molar-refractivity contribution in [3.8, 4) is 0 Å². The fourth-order valence-corrected chi connectivity index (χ4v) is 4.23. The Morgan fingerprint density at radius 1 is 1.11 bits per heavy atom. The topological polar surface area (TPSA) is 88.2 Å². The first-order chi connectivity index (χ1) is 12.9. The van der Waals surface area contributed by atoms with Crippen LogP contribution in [0, 0.1) is 0 Å². The lowest BCUT2D eigenvalue weighted by atomic mass is 10.1. The van der Waals surface area contributed by atoms with E-state index in [-0.39, 0.29) is 16.5 Å². The summed E-state index contributed by atoms with van der Waals surface area (Å²) in [6.07, 6.45) is 3.27. The summed E-state index contributed by atoms with van der Waals surface area (Å²) in [6, 6.07) is 12.9. The van der Waals surface area contributed by atoms with E-state index in [4.69, 9.17) is 11.6 Å². The lowest BCUT2D eigenvalue weighted by Crippen LogP contribution is -2.26. The van der Waals surface area contributed by atoms with Crippen LogP contribution in [-0.4, -0.2) is 25.4 Å². The van der Waals surface area contributed by atoms with E-state index >= 15 is 0 Å². The van der Waals surface area contributed by atoms with Crippen LogP contribution in [0.25, 0.3) is 10.9 Å². The maximum atomic E-state index is 12.7. The number of fused-ring (bicyclic) bond motifs is 1. The molecule has 1 aliphatic carbocycles. The van der Waals surface area contributed by atoms with Gasteiger partial charge in [0.25, 0.3) is 5.91 Å². The van der Waals surface area contributed by atoms with Crippen molar-refractivity contribution in [3.05, 3.63) is 65.3 Å². The smallest absolute Gasteiger partial charge is 0.255 e. The van der Waals surface area contributed by atoms with Gasteiger partial charge < -0.3 is 5.32 Å². The Kier molecular flexibility index (Phi) is 4.59. The SMILES string of the molecule is O=C(Nc1ccnc2cc(Cl)ccc12)c1cccc(S(=O)(=O)NC2CC2)c1. The molecule has 2 aromatic carbocycles. The monoisotopic (exact) mass is 401 g/mol. The van der Waals surface area contributed by atoms with Crippen LogP contribution in [0.2, 0.25) is 5.02 Å². The van der Waals surface area contributed by atoms with Gasteiger partial charge in [-0.05, 0) is 55.3 Å². The molecule has 4 rings (SSSR count). The van der Waals surface area contributed by atoms with Crippen molar-refractivity contribution in [2.24, 2.45) is 0 Å². The van der Waals surface area contributed by atoms with Crippen LogP contribution >= 0.6 is 11.6 Å². The van der Waals surface area contributed by atoms with E-state index in [1.54, 1.807) is 42.6 Å². The van der Waals surface area contributed by atoms with Crippen LogP contribution in [0.4, 0.5) is 5.69 Å². The Balaban J connectivity index is 1.61. The zero-order chi connectivity index (χ0) is 19.0. The third kappa shape index (κ3) is 3.95.